The van der Waals surface area contributed by atoms with Gasteiger partial charge in [-0.3, -0.25) is 0 Å². The lowest BCUT2D eigenvalue weighted by Gasteiger charge is -2.25. The van der Waals surface area contributed by atoms with E-state index in [4.69, 9.17) is 5.73 Å². The minimum absolute atomic E-state index is 0. The zero-order valence-electron chi connectivity index (χ0n) is 9.98. The van der Waals surface area contributed by atoms with Crippen LogP contribution in [0.2, 0.25) is 0 Å². The highest BCUT2D eigenvalue weighted by atomic mass is 127. The third-order valence-electron chi connectivity index (χ3n) is 2.87. The summed E-state index contributed by atoms with van der Waals surface area (Å²) in [6, 6.07) is 0. The molecule has 3 N–H and O–H groups in total. The molecule has 0 aliphatic heterocycles. The Morgan fingerprint density at radius 3 is 2.94 bits per heavy atom. The standard InChI is InChI=1S/C11H18N4S.HI/c1-8-13-6-10(16-8)7-15-11(12)14-5-9-3-2-4-9;/h6,9H,2-5,7H2,1H3,(H3,12,14,15);1H. The summed E-state index contributed by atoms with van der Waals surface area (Å²) in [5.41, 5.74) is 5.78. The number of guanidine groups is 1. The Balaban J connectivity index is 0.00000144. The Morgan fingerprint density at radius 2 is 2.41 bits per heavy atom. The van der Waals surface area contributed by atoms with Crippen molar-refractivity contribution in [1.29, 1.82) is 0 Å². The molecule has 17 heavy (non-hydrogen) atoms. The van der Waals surface area contributed by atoms with Crippen molar-refractivity contribution in [3.8, 4) is 0 Å². The molecule has 96 valence electrons. The molecular formula is C11H19IN4S. The average molecular weight is 366 g/mol. The number of rotatable bonds is 4. The van der Waals surface area contributed by atoms with Gasteiger partial charge in [-0.15, -0.1) is 35.3 Å². The normalized spacial score (nSPS) is 16.2. The van der Waals surface area contributed by atoms with Crippen molar-refractivity contribution < 1.29 is 0 Å². The molecule has 1 saturated carbocycles. The summed E-state index contributed by atoms with van der Waals surface area (Å²) in [5, 5.41) is 4.25. The molecule has 1 aromatic rings. The minimum atomic E-state index is 0. The highest BCUT2D eigenvalue weighted by molar-refractivity contribution is 14.0. The molecule has 1 heterocycles. The Morgan fingerprint density at radius 1 is 1.65 bits per heavy atom. The van der Waals surface area contributed by atoms with Crippen LogP contribution in [-0.2, 0) is 6.54 Å². The number of hydrogen-bond acceptors (Lipinski definition) is 3. The summed E-state index contributed by atoms with van der Waals surface area (Å²) < 4.78 is 0. The molecule has 0 radical (unpaired) electrons. The van der Waals surface area contributed by atoms with E-state index in [1.165, 1.54) is 19.3 Å². The van der Waals surface area contributed by atoms with Gasteiger partial charge in [-0.1, -0.05) is 6.42 Å². The van der Waals surface area contributed by atoms with Crippen LogP contribution in [0.1, 0.15) is 29.1 Å². The van der Waals surface area contributed by atoms with Gasteiger partial charge in [0.05, 0.1) is 11.6 Å². The van der Waals surface area contributed by atoms with Crippen LogP contribution in [0.3, 0.4) is 0 Å². The maximum absolute atomic E-state index is 5.78. The van der Waals surface area contributed by atoms with Crippen molar-refractivity contribution in [3.63, 3.8) is 0 Å². The second kappa shape index (κ2) is 7.15. The number of nitrogens with zero attached hydrogens (tertiary/aromatic N) is 2. The van der Waals surface area contributed by atoms with Gasteiger partial charge in [0.2, 0.25) is 0 Å². The molecule has 1 fully saturated rings. The molecule has 1 aromatic heterocycles. The van der Waals surface area contributed by atoms with Crippen molar-refractivity contribution in [2.24, 2.45) is 16.6 Å². The Kier molecular flexibility index (Phi) is 6.18. The second-order valence-corrected chi connectivity index (χ2v) is 5.54. The Labute approximate surface area is 123 Å². The zero-order chi connectivity index (χ0) is 11.4. The van der Waals surface area contributed by atoms with Gasteiger partial charge in [-0.05, 0) is 25.7 Å². The molecule has 6 heteroatoms. The van der Waals surface area contributed by atoms with Crippen LogP contribution < -0.4 is 11.1 Å². The lowest BCUT2D eigenvalue weighted by Crippen LogP contribution is -2.37. The largest absolute Gasteiger partial charge is 0.370 e. The van der Waals surface area contributed by atoms with Gasteiger partial charge in [0.1, 0.15) is 0 Å². The van der Waals surface area contributed by atoms with E-state index in [-0.39, 0.29) is 24.0 Å². The first-order valence-electron chi connectivity index (χ1n) is 5.69. The first kappa shape index (κ1) is 14.7. The molecule has 0 bridgehead atoms. The summed E-state index contributed by atoms with van der Waals surface area (Å²) in [6.45, 7) is 3.60. The highest BCUT2D eigenvalue weighted by Gasteiger charge is 2.16. The molecule has 4 nitrogen and oxygen atoms in total. The van der Waals surface area contributed by atoms with Crippen LogP contribution in [0.5, 0.6) is 0 Å². The van der Waals surface area contributed by atoms with Crippen LogP contribution >= 0.6 is 35.3 Å². The van der Waals surface area contributed by atoms with Crippen LogP contribution in [0, 0.1) is 12.8 Å². The monoisotopic (exact) mass is 366 g/mol. The predicted molar refractivity (Wildman–Crippen MR) is 82.9 cm³/mol. The molecule has 0 atom stereocenters. The average Bonchev–Trinajstić information content (AvgIpc) is 2.59. The van der Waals surface area contributed by atoms with E-state index in [9.17, 15) is 0 Å². The number of nitrogens with one attached hydrogen (secondary N) is 1. The van der Waals surface area contributed by atoms with Gasteiger partial charge in [-0.25, -0.2) is 9.98 Å². The van der Waals surface area contributed by atoms with Crippen molar-refractivity contribution in [2.75, 3.05) is 6.54 Å². The molecular weight excluding hydrogens is 347 g/mol. The zero-order valence-corrected chi connectivity index (χ0v) is 13.1. The summed E-state index contributed by atoms with van der Waals surface area (Å²) in [4.78, 5) is 9.63. The van der Waals surface area contributed by atoms with E-state index in [1.54, 1.807) is 11.3 Å². The first-order valence-corrected chi connectivity index (χ1v) is 6.51. The summed E-state index contributed by atoms with van der Waals surface area (Å²) >= 11 is 1.67. The first-order chi connectivity index (χ1) is 7.74. The highest BCUT2D eigenvalue weighted by Crippen LogP contribution is 2.24. The maximum Gasteiger partial charge on any atom is 0.188 e. The SMILES string of the molecule is Cc1ncc(CN=C(N)NCC2CCC2)s1.I. The fraction of sp³-hybridized carbons (Fsp3) is 0.636. The summed E-state index contributed by atoms with van der Waals surface area (Å²) in [5.74, 6) is 1.36. The molecule has 0 amide bonds. The number of aromatic nitrogens is 1. The van der Waals surface area contributed by atoms with Gasteiger partial charge < -0.3 is 11.1 Å². The van der Waals surface area contributed by atoms with Crippen molar-refractivity contribution >= 4 is 41.3 Å². The molecule has 0 unspecified atom stereocenters. The van der Waals surface area contributed by atoms with Crippen LogP contribution in [0.25, 0.3) is 0 Å². The summed E-state index contributed by atoms with van der Waals surface area (Å²) in [6.07, 6.45) is 5.88. The van der Waals surface area contributed by atoms with Crippen molar-refractivity contribution in [2.45, 2.75) is 32.7 Å². The fourth-order valence-electron chi connectivity index (χ4n) is 1.64. The van der Waals surface area contributed by atoms with Gasteiger partial charge in [0, 0.05) is 17.6 Å². The van der Waals surface area contributed by atoms with Crippen molar-refractivity contribution in [1.82, 2.24) is 10.3 Å². The lowest BCUT2D eigenvalue weighted by molar-refractivity contribution is 0.315. The number of halogens is 1. The predicted octanol–water partition coefficient (Wildman–Crippen LogP) is 2.27. The number of aryl methyl sites for hydroxylation is 1. The van der Waals surface area contributed by atoms with E-state index in [2.05, 4.69) is 15.3 Å². The van der Waals surface area contributed by atoms with Gasteiger partial charge in [0.15, 0.2) is 5.96 Å². The van der Waals surface area contributed by atoms with Crippen molar-refractivity contribution in [3.05, 3.63) is 16.1 Å². The number of nitrogens with two attached hydrogens (primary N) is 1. The van der Waals surface area contributed by atoms with Crippen LogP contribution in [0.15, 0.2) is 11.2 Å². The number of hydrogen-bond donors (Lipinski definition) is 2. The number of aliphatic imine (C=N–C) groups is 1. The van der Waals surface area contributed by atoms with E-state index in [0.29, 0.717) is 12.5 Å². The van der Waals surface area contributed by atoms with E-state index < -0.39 is 0 Å². The van der Waals surface area contributed by atoms with Crippen LogP contribution in [0.4, 0.5) is 0 Å². The molecule has 2 rings (SSSR count). The summed E-state index contributed by atoms with van der Waals surface area (Å²) in [7, 11) is 0. The molecule has 1 aliphatic rings. The third-order valence-corrected chi connectivity index (χ3v) is 3.77. The van der Waals surface area contributed by atoms with E-state index in [0.717, 1.165) is 22.3 Å². The van der Waals surface area contributed by atoms with Gasteiger partial charge in [-0.2, -0.15) is 0 Å². The maximum atomic E-state index is 5.78. The number of thiazole rings is 1. The van der Waals surface area contributed by atoms with E-state index in [1.807, 2.05) is 13.1 Å². The van der Waals surface area contributed by atoms with E-state index >= 15 is 0 Å². The minimum Gasteiger partial charge on any atom is -0.370 e. The third kappa shape index (κ3) is 4.79. The Bertz CT molecular complexity index is 373. The molecule has 1 aliphatic carbocycles. The molecule has 0 spiro atoms. The van der Waals surface area contributed by atoms with Gasteiger partial charge in [0.25, 0.3) is 0 Å². The fourth-order valence-corrected chi connectivity index (χ4v) is 2.36. The molecule has 0 saturated heterocycles. The quantitative estimate of drug-likeness (QED) is 0.488. The van der Waals surface area contributed by atoms with Crippen LogP contribution in [-0.4, -0.2) is 17.5 Å². The molecule has 0 aromatic carbocycles. The smallest absolute Gasteiger partial charge is 0.188 e. The van der Waals surface area contributed by atoms with Gasteiger partial charge >= 0.3 is 0 Å². The topological polar surface area (TPSA) is 63.3 Å². The second-order valence-electron chi connectivity index (χ2n) is 4.22. The Hall–Kier alpha value is -0.370. The lowest BCUT2D eigenvalue weighted by atomic mass is 9.85.